The standard InChI is InChI=1S/C8H18N2O/c11-9-5-4-8-10-6-2-1-3-7-10/h9,11H,1-8H2. The molecule has 1 saturated heterocycles. The van der Waals surface area contributed by atoms with Gasteiger partial charge in [-0.25, -0.2) is 5.48 Å². The first kappa shape index (κ1) is 8.97. The van der Waals surface area contributed by atoms with Crippen molar-refractivity contribution >= 4 is 0 Å². The van der Waals surface area contributed by atoms with E-state index in [0.29, 0.717) is 0 Å². The minimum absolute atomic E-state index is 0.719. The van der Waals surface area contributed by atoms with Gasteiger partial charge in [-0.15, -0.1) is 0 Å². The largest absolute Gasteiger partial charge is 0.317 e. The predicted molar refractivity (Wildman–Crippen MR) is 44.7 cm³/mol. The second kappa shape index (κ2) is 5.52. The van der Waals surface area contributed by atoms with E-state index in [4.69, 9.17) is 5.21 Å². The molecule has 11 heavy (non-hydrogen) atoms. The normalized spacial score (nSPS) is 20.5. The van der Waals surface area contributed by atoms with Crippen LogP contribution in [-0.4, -0.2) is 36.3 Å². The number of nitrogens with one attached hydrogen (secondary N) is 1. The van der Waals surface area contributed by atoms with E-state index in [9.17, 15) is 0 Å². The van der Waals surface area contributed by atoms with Crippen molar-refractivity contribution in [1.29, 1.82) is 0 Å². The molecule has 1 heterocycles. The maximum atomic E-state index is 8.33. The van der Waals surface area contributed by atoms with Crippen LogP contribution in [0, 0.1) is 0 Å². The van der Waals surface area contributed by atoms with Gasteiger partial charge in [-0.3, -0.25) is 0 Å². The number of piperidine rings is 1. The predicted octanol–water partition coefficient (Wildman–Crippen LogP) is 0.841. The van der Waals surface area contributed by atoms with E-state index in [0.717, 1.165) is 19.5 Å². The van der Waals surface area contributed by atoms with Crippen molar-refractivity contribution < 1.29 is 5.21 Å². The average Bonchev–Trinajstić information content (AvgIpc) is 2.07. The first-order valence-electron chi connectivity index (χ1n) is 4.53. The Morgan fingerprint density at radius 2 is 1.91 bits per heavy atom. The highest BCUT2D eigenvalue weighted by Crippen LogP contribution is 2.08. The zero-order valence-electron chi connectivity index (χ0n) is 7.05. The second-order valence-electron chi connectivity index (χ2n) is 3.16. The van der Waals surface area contributed by atoms with Gasteiger partial charge in [0.25, 0.3) is 0 Å². The Balaban J connectivity index is 1.96. The van der Waals surface area contributed by atoms with Crippen LogP contribution in [0.2, 0.25) is 0 Å². The van der Waals surface area contributed by atoms with Gasteiger partial charge in [-0.05, 0) is 38.9 Å². The Morgan fingerprint density at radius 1 is 1.18 bits per heavy atom. The van der Waals surface area contributed by atoms with Crippen molar-refractivity contribution in [3.63, 3.8) is 0 Å². The molecule has 1 aliphatic rings. The number of hydrogen-bond acceptors (Lipinski definition) is 3. The molecule has 0 aliphatic carbocycles. The molecule has 0 spiro atoms. The summed E-state index contributed by atoms with van der Waals surface area (Å²) < 4.78 is 0. The van der Waals surface area contributed by atoms with Gasteiger partial charge < -0.3 is 10.1 Å². The molecule has 3 nitrogen and oxygen atoms in total. The maximum absolute atomic E-state index is 8.33. The van der Waals surface area contributed by atoms with Crippen LogP contribution in [0.5, 0.6) is 0 Å². The van der Waals surface area contributed by atoms with Crippen LogP contribution < -0.4 is 5.48 Å². The van der Waals surface area contributed by atoms with Gasteiger partial charge in [0.15, 0.2) is 0 Å². The molecule has 0 bridgehead atoms. The van der Waals surface area contributed by atoms with E-state index in [1.807, 2.05) is 0 Å². The molecule has 3 heteroatoms. The molecule has 0 aromatic rings. The van der Waals surface area contributed by atoms with E-state index in [1.165, 1.54) is 32.4 Å². The van der Waals surface area contributed by atoms with Crippen molar-refractivity contribution in [1.82, 2.24) is 10.4 Å². The summed E-state index contributed by atoms with van der Waals surface area (Å²) in [7, 11) is 0. The summed E-state index contributed by atoms with van der Waals surface area (Å²) in [5.41, 5.74) is 2.18. The molecule has 0 aromatic heterocycles. The molecule has 0 radical (unpaired) electrons. The molecular formula is C8H18N2O. The van der Waals surface area contributed by atoms with Crippen molar-refractivity contribution in [2.75, 3.05) is 26.2 Å². The molecular weight excluding hydrogens is 140 g/mol. The maximum Gasteiger partial charge on any atom is 0.0219 e. The lowest BCUT2D eigenvalue weighted by Crippen LogP contribution is -2.31. The highest BCUT2D eigenvalue weighted by Gasteiger charge is 2.08. The number of rotatable bonds is 4. The van der Waals surface area contributed by atoms with Gasteiger partial charge in [0, 0.05) is 6.54 Å². The Morgan fingerprint density at radius 3 is 2.55 bits per heavy atom. The minimum atomic E-state index is 0.719. The van der Waals surface area contributed by atoms with E-state index in [1.54, 1.807) is 0 Å². The molecule has 1 rings (SSSR count). The Labute approximate surface area is 68.3 Å². The fraction of sp³-hybridized carbons (Fsp3) is 1.00. The lowest BCUT2D eigenvalue weighted by atomic mass is 10.1. The molecule has 0 amide bonds. The summed E-state index contributed by atoms with van der Waals surface area (Å²) in [5, 5.41) is 8.33. The third-order valence-corrected chi connectivity index (χ3v) is 2.21. The summed E-state index contributed by atoms with van der Waals surface area (Å²) in [6, 6.07) is 0. The van der Waals surface area contributed by atoms with Gasteiger partial charge in [0.05, 0.1) is 0 Å². The van der Waals surface area contributed by atoms with Crippen LogP contribution in [0.1, 0.15) is 25.7 Å². The number of hydroxylamine groups is 1. The van der Waals surface area contributed by atoms with E-state index in [-0.39, 0.29) is 0 Å². The van der Waals surface area contributed by atoms with Crippen LogP contribution in [-0.2, 0) is 0 Å². The molecule has 0 saturated carbocycles. The van der Waals surface area contributed by atoms with Gasteiger partial charge in [0.2, 0.25) is 0 Å². The van der Waals surface area contributed by atoms with E-state index >= 15 is 0 Å². The van der Waals surface area contributed by atoms with Crippen LogP contribution in [0.15, 0.2) is 0 Å². The number of likely N-dealkylation sites (tertiary alicyclic amines) is 1. The first-order chi connectivity index (χ1) is 5.43. The number of hydrogen-bond donors (Lipinski definition) is 2. The summed E-state index contributed by atoms with van der Waals surface area (Å²) in [5.74, 6) is 0. The Bertz CT molecular complexity index is 92.1. The van der Waals surface area contributed by atoms with Gasteiger partial charge in [0.1, 0.15) is 0 Å². The van der Waals surface area contributed by atoms with Gasteiger partial charge >= 0.3 is 0 Å². The molecule has 1 fully saturated rings. The quantitative estimate of drug-likeness (QED) is 0.470. The molecule has 0 aromatic carbocycles. The first-order valence-corrected chi connectivity index (χ1v) is 4.53. The molecule has 66 valence electrons. The average molecular weight is 158 g/mol. The third-order valence-electron chi connectivity index (χ3n) is 2.21. The summed E-state index contributed by atoms with van der Waals surface area (Å²) >= 11 is 0. The topological polar surface area (TPSA) is 35.5 Å². The van der Waals surface area contributed by atoms with Crippen LogP contribution in [0.25, 0.3) is 0 Å². The Kier molecular flexibility index (Phi) is 4.50. The molecule has 2 N–H and O–H groups in total. The monoisotopic (exact) mass is 158 g/mol. The van der Waals surface area contributed by atoms with Crippen molar-refractivity contribution in [2.24, 2.45) is 0 Å². The fourth-order valence-electron chi connectivity index (χ4n) is 1.56. The van der Waals surface area contributed by atoms with Crippen LogP contribution in [0.3, 0.4) is 0 Å². The zero-order chi connectivity index (χ0) is 7.94. The smallest absolute Gasteiger partial charge is 0.0219 e. The SMILES string of the molecule is ONCCCN1CCCCC1. The summed E-state index contributed by atoms with van der Waals surface area (Å²) in [6.45, 7) is 4.36. The third kappa shape index (κ3) is 3.70. The van der Waals surface area contributed by atoms with Crippen LogP contribution in [0.4, 0.5) is 0 Å². The van der Waals surface area contributed by atoms with E-state index in [2.05, 4.69) is 10.4 Å². The van der Waals surface area contributed by atoms with Crippen molar-refractivity contribution in [3.05, 3.63) is 0 Å². The zero-order valence-corrected chi connectivity index (χ0v) is 7.05. The van der Waals surface area contributed by atoms with Gasteiger partial charge in [-0.1, -0.05) is 6.42 Å². The highest BCUT2D eigenvalue weighted by molar-refractivity contribution is 4.64. The molecule has 0 atom stereocenters. The molecule has 1 aliphatic heterocycles. The summed E-state index contributed by atoms with van der Waals surface area (Å²) in [6.07, 6.45) is 5.16. The van der Waals surface area contributed by atoms with Gasteiger partial charge in [-0.2, -0.15) is 0 Å². The second-order valence-corrected chi connectivity index (χ2v) is 3.16. The van der Waals surface area contributed by atoms with Crippen LogP contribution >= 0.6 is 0 Å². The lowest BCUT2D eigenvalue weighted by Gasteiger charge is -2.26. The van der Waals surface area contributed by atoms with E-state index < -0.39 is 0 Å². The van der Waals surface area contributed by atoms with Crippen molar-refractivity contribution in [2.45, 2.75) is 25.7 Å². The lowest BCUT2D eigenvalue weighted by molar-refractivity contribution is 0.154. The fourth-order valence-corrected chi connectivity index (χ4v) is 1.56. The van der Waals surface area contributed by atoms with Crippen molar-refractivity contribution in [3.8, 4) is 0 Å². The minimum Gasteiger partial charge on any atom is -0.317 e. The Hall–Kier alpha value is -0.120. The number of nitrogens with zero attached hydrogens (tertiary/aromatic N) is 1. The molecule has 0 unspecified atom stereocenters. The highest BCUT2D eigenvalue weighted by atomic mass is 16.5. The summed E-state index contributed by atoms with van der Waals surface area (Å²) in [4.78, 5) is 2.47.